The number of rotatable bonds is 9. The standard InChI is InChI=1S/C19H28ClN3O3/c1-3-15(9-13-5-7-14(20)8-6-13)21-19(26)22-16-10-17(11-16)23(4-2)12-18(24)25/h5-8,15-17H,3-4,9-12H2,1-2H3,(H,24,25)(H2,21,22,26). The normalized spacial score (nSPS) is 20.3. The van der Waals surface area contributed by atoms with Crippen LogP contribution in [0.2, 0.25) is 5.02 Å². The Bertz CT molecular complexity index is 603. The number of halogens is 1. The van der Waals surface area contributed by atoms with Gasteiger partial charge in [0.25, 0.3) is 0 Å². The van der Waals surface area contributed by atoms with E-state index >= 15 is 0 Å². The van der Waals surface area contributed by atoms with Gasteiger partial charge in [0, 0.05) is 23.1 Å². The van der Waals surface area contributed by atoms with Crippen LogP contribution >= 0.6 is 11.6 Å². The van der Waals surface area contributed by atoms with Crippen LogP contribution in [0.1, 0.15) is 38.7 Å². The summed E-state index contributed by atoms with van der Waals surface area (Å²) in [7, 11) is 0. The summed E-state index contributed by atoms with van der Waals surface area (Å²) in [6.07, 6.45) is 3.19. The number of nitrogens with zero attached hydrogens (tertiary/aromatic N) is 1. The van der Waals surface area contributed by atoms with Crippen LogP contribution < -0.4 is 10.6 Å². The van der Waals surface area contributed by atoms with Crippen molar-refractivity contribution in [3.63, 3.8) is 0 Å². The van der Waals surface area contributed by atoms with E-state index in [0.717, 1.165) is 31.2 Å². The minimum absolute atomic E-state index is 0.0546. The fourth-order valence-corrected chi connectivity index (χ4v) is 3.42. The molecule has 0 saturated heterocycles. The summed E-state index contributed by atoms with van der Waals surface area (Å²) in [6, 6.07) is 7.91. The summed E-state index contributed by atoms with van der Waals surface area (Å²) < 4.78 is 0. The number of benzene rings is 1. The first-order chi connectivity index (χ1) is 12.4. The van der Waals surface area contributed by atoms with Gasteiger partial charge in [0.05, 0.1) is 6.54 Å². The van der Waals surface area contributed by atoms with Gasteiger partial charge < -0.3 is 15.7 Å². The average Bonchev–Trinajstić information content (AvgIpc) is 2.57. The molecule has 0 spiro atoms. The van der Waals surface area contributed by atoms with Crippen molar-refractivity contribution in [2.45, 2.75) is 57.7 Å². The van der Waals surface area contributed by atoms with Gasteiger partial charge in [-0.3, -0.25) is 9.69 Å². The molecule has 0 aliphatic heterocycles. The molecule has 144 valence electrons. The molecule has 1 aliphatic rings. The molecule has 1 aliphatic carbocycles. The van der Waals surface area contributed by atoms with Crippen molar-refractivity contribution in [3.8, 4) is 0 Å². The molecule has 26 heavy (non-hydrogen) atoms. The highest BCUT2D eigenvalue weighted by Crippen LogP contribution is 2.25. The highest BCUT2D eigenvalue weighted by molar-refractivity contribution is 6.30. The molecule has 6 nitrogen and oxygen atoms in total. The van der Waals surface area contributed by atoms with E-state index in [1.54, 1.807) is 0 Å². The SMILES string of the molecule is CCC(Cc1ccc(Cl)cc1)NC(=O)NC1CC(N(CC)CC(=O)O)C1. The number of carboxylic acids is 1. The molecule has 0 heterocycles. The Labute approximate surface area is 159 Å². The molecule has 2 amide bonds. The van der Waals surface area contributed by atoms with E-state index in [1.165, 1.54) is 0 Å². The summed E-state index contributed by atoms with van der Waals surface area (Å²) in [6.45, 7) is 4.76. The van der Waals surface area contributed by atoms with E-state index in [1.807, 2.05) is 43.0 Å². The number of likely N-dealkylation sites (N-methyl/N-ethyl adjacent to an activating group) is 1. The Kier molecular flexibility index (Phi) is 7.72. The molecule has 0 radical (unpaired) electrons. The molecule has 2 rings (SSSR count). The predicted octanol–water partition coefficient (Wildman–Crippen LogP) is 2.90. The topological polar surface area (TPSA) is 81.7 Å². The van der Waals surface area contributed by atoms with Crippen LogP contribution in [0.15, 0.2) is 24.3 Å². The van der Waals surface area contributed by atoms with Crippen LogP contribution in [-0.4, -0.2) is 53.2 Å². The lowest BCUT2D eigenvalue weighted by molar-refractivity contribution is -0.139. The second-order valence-corrected chi connectivity index (χ2v) is 7.27. The number of hydrogen-bond acceptors (Lipinski definition) is 3. The van der Waals surface area contributed by atoms with Crippen LogP contribution in [0.25, 0.3) is 0 Å². The Balaban J connectivity index is 1.74. The third-order valence-corrected chi connectivity index (χ3v) is 5.18. The lowest BCUT2D eigenvalue weighted by Crippen LogP contribution is -2.57. The summed E-state index contributed by atoms with van der Waals surface area (Å²) in [5.41, 5.74) is 1.14. The average molecular weight is 382 g/mol. The Morgan fingerprint density at radius 2 is 1.92 bits per heavy atom. The Morgan fingerprint density at radius 1 is 1.27 bits per heavy atom. The second-order valence-electron chi connectivity index (χ2n) is 6.83. The van der Waals surface area contributed by atoms with Crippen molar-refractivity contribution in [1.82, 2.24) is 15.5 Å². The van der Waals surface area contributed by atoms with E-state index in [-0.39, 0.29) is 30.7 Å². The van der Waals surface area contributed by atoms with Gasteiger partial charge in [-0.05, 0) is 49.9 Å². The van der Waals surface area contributed by atoms with Crippen molar-refractivity contribution in [2.75, 3.05) is 13.1 Å². The minimum Gasteiger partial charge on any atom is -0.480 e. The molecule has 1 unspecified atom stereocenters. The number of amides is 2. The predicted molar refractivity (Wildman–Crippen MR) is 103 cm³/mol. The van der Waals surface area contributed by atoms with Gasteiger partial charge in [-0.1, -0.05) is 37.6 Å². The molecule has 1 aromatic rings. The zero-order valence-corrected chi connectivity index (χ0v) is 16.1. The van der Waals surface area contributed by atoms with E-state index in [4.69, 9.17) is 16.7 Å². The molecule has 7 heteroatoms. The zero-order valence-electron chi connectivity index (χ0n) is 15.4. The highest BCUT2D eigenvalue weighted by Gasteiger charge is 2.34. The molecule has 1 saturated carbocycles. The van der Waals surface area contributed by atoms with E-state index in [2.05, 4.69) is 10.6 Å². The largest absolute Gasteiger partial charge is 0.480 e. The van der Waals surface area contributed by atoms with Gasteiger partial charge >= 0.3 is 12.0 Å². The maximum Gasteiger partial charge on any atom is 0.317 e. The van der Waals surface area contributed by atoms with E-state index < -0.39 is 5.97 Å². The number of carboxylic acid groups (broad SMARTS) is 1. The molecular formula is C19H28ClN3O3. The van der Waals surface area contributed by atoms with Crippen molar-refractivity contribution < 1.29 is 14.7 Å². The number of hydrogen-bond donors (Lipinski definition) is 3. The molecule has 0 aromatic heterocycles. The molecule has 0 bridgehead atoms. The summed E-state index contributed by atoms with van der Waals surface area (Å²) >= 11 is 5.90. The smallest absolute Gasteiger partial charge is 0.317 e. The first kappa shape index (κ1) is 20.5. The lowest BCUT2D eigenvalue weighted by Gasteiger charge is -2.42. The van der Waals surface area contributed by atoms with E-state index in [9.17, 15) is 9.59 Å². The van der Waals surface area contributed by atoms with Crippen LogP contribution in [0, 0.1) is 0 Å². The van der Waals surface area contributed by atoms with Crippen molar-refractivity contribution in [3.05, 3.63) is 34.9 Å². The van der Waals surface area contributed by atoms with Crippen LogP contribution in [0.4, 0.5) is 4.79 Å². The maximum absolute atomic E-state index is 12.2. The fraction of sp³-hybridized carbons (Fsp3) is 0.579. The number of aliphatic carboxylic acids is 1. The fourth-order valence-electron chi connectivity index (χ4n) is 3.29. The van der Waals surface area contributed by atoms with Gasteiger partial charge in [0.15, 0.2) is 0 Å². The van der Waals surface area contributed by atoms with Gasteiger partial charge in [-0.25, -0.2) is 4.79 Å². The van der Waals surface area contributed by atoms with E-state index in [0.29, 0.717) is 11.6 Å². The van der Waals surface area contributed by atoms with Crippen LogP contribution in [-0.2, 0) is 11.2 Å². The van der Waals surface area contributed by atoms with Gasteiger partial charge in [0.1, 0.15) is 0 Å². The minimum atomic E-state index is -0.811. The van der Waals surface area contributed by atoms with Gasteiger partial charge in [-0.15, -0.1) is 0 Å². The molecule has 1 fully saturated rings. The molecule has 1 atom stereocenters. The number of urea groups is 1. The molecular weight excluding hydrogens is 354 g/mol. The van der Waals surface area contributed by atoms with Gasteiger partial charge in [-0.2, -0.15) is 0 Å². The second kappa shape index (κ2) is 9.78. The zero-order chi connectivity index (χ0) is 19.1. The van der Waals surface area contributed by atoms with Crippen LogP contribution in [0.5, 0.6) is 0 Å². The van der Waals surface area contributed by atoms with Crippen molar-refractivity contribution >= 4 is 23.6 Å². The Morgan fingerprint density at radius 3 is 2.46 bits per heavy atom. The third kappa shape index (κ3) is 6.18. The van der Waals surface area contributed by atoms with Crippen LogP contribution in [0.3, 0.4) is 0 Å². The van der Waals surface area contributed by atoms with Crippen molar-refractivity contribution in [1.29, 1.82) is 0 Å². The first-order valence-electron chi connectivity index (χ1n) is 9.18. The third-order valence-electron chi connectivity index (χ3n) is 4.93. The molecule has 1 aromatic carbocycles. The summed E-state index contributed by atoms with van der Waals surface area (Å²) in [5, 5.41) is 15.7. The number of carbonyl (C=O) groups excluding carboxylic acids is 1. The maximum atomic E-state index is 12.2. The monoisotopic (exact) mass is 381 g/mol. The first-order valence-corrected chi connectivity index (χ1v) is 9.56. The lowest BCUT2D eigenvalue weighted by atomic mass is 9.85. The number of carbonyl (C=O) groups is 2. The van der Waals surface area contributed by atoms with Gasteiger partial charge in [0.2, 0.25) is 0 Å². The van der Waals surface area contributed by atoms with Crippen molar-refractivity contribution in [2.24, 2.45) is 0 Å². The number of nitrogens with one attached hydrogen (secondary N) is 2. The Hall–Kier alpha value is -1.79. The summed E-state index contributed by atoms with van der Waals surface area (Å²) in [4.78, 5) is 25.0. The summed E-state index contributed by atoms with van der Waals surface area (Å²) in [5.74, 6) is -0.811. The quantitative estimate of drug-likeness (QED) is 0.614. The molecule has 3 N–H and O–H groups in total. The highest BCUT2D eigenvalue weighted by atomic mass is 35.5.